The molecule has 1 fully saturated rings. The quantitative estimate of drug-likeness (QED) is 0.619. The molecule has 0 heterocycles. The van der Waals surface area contributed by atoms with Crippen molar-refractivity contribution in [3.05, 3.63) is 12.2 Å². The molecule has 1 saturated carbocycles. The summed E-state index contributed by atoms with van der Waals surface area (Å²) in [6, 6.07) is 1.51. The van der Waals surface area contributed by atoms with E-state index in [1.54, 1.807) is 0 Å². The van der Waals surface area contributed by atoms with E-state index in [-0.39, 0.29) is 0 Å². The van der Waals surface area contributed by atoms with Crippen molar-refractivity contribution < 1.29 is 0 Å². The Labute approximate surface area is 94.7 Å². The molecular weight excluding hydrogens is 184 g/mol. The summed E-state index contributed by atoms with van der Waals surface area (Å²) in [7, 11) is 0. The first-order valence-electron chi connectivity index (χ1n) is 6.25. The lowest BCUT2D eigenvalue weighted by Crippen LogP contribution is -2.36. The molecule has 1 aliphatic rings. The molecule has 1 N–H and O–H groups in total. The molecule has 0 bridgehead atoms. The van der Waals surface area contributed by atoms with Gasteiger partial charge in [0, 0.05) is 18.6 Å². The molecule has 2 heteroatoms. The molecule has 0 aromatic carbocycles. The van der Waals surface area contributed by atoms with Crippen molar-refractivity contribution in [1.29, 1.82) is 0 Å². The topological polar surface area (TPSA) is 15.3 Å². The maximum absolute atomic E-state index is 3.99. The number of hydrogen-bond acceptors (Lipinski definition) is 2. The minimum atomic E-state index is 0.665. The Balaban J connectivity index is 2.15. The fourth-order valence-electron chi connectivity index (χ4n) is 1.89. The molecule has 0 amide bonds. The highest BCUT2D eigenvalue weighted by Crippen LogP contribution is 2.18. The van der Waals surface area contributed by atoms with Crippen LogP contribution in [0.15, 0.2) is 12.2 Å². The lowest BCUT2D eigenvalue weighted by atomic mass is 10.1. The average Bonchev–Trinajstić information content (AvgIpc) is 2.97. The van der Waals surface area contributed by atoms with Crippen LogP contribution in [0.4, 0.5) is 0 Å². The number of nitrogens with one attached hydrogen (secondary N) is 1. The van der Waals surface area contributed by atoms with E-state index in [9.17, 15) is 0 Å². The van der Waals surface area contributed by atoms with Crippen LogP contribution < -0.4 is 5.32 Å². The Morgan fingerprint density at radius 2 is 2.20 bits per heavy atom. The number of rotatable bonds is 8. The predicted octanol–water partition coefficient (Wildman–Crippen LogP) is 2.42. The molecule has 0 radical (unpaired) electrons. The zero-order valence-corrected chi connectivity index (χ0v) is 10.6. The molecule has 1 unspecified atom stereocenters. The van der Waals surface area contributed by atoms with Gasteiger partial charge in [-0.2, -0.15) is 0 Å². The van der Waals surface area contributed by atoms with Gasteiger partial charge in [-0.1, -0.05) is 19.1 Å². The molecular formula is C13H26N2. The normalized spacial score (nSPS) is 18.1. The van der Waals surface area contributed by atoms with Gasteiger partial charge in [0.2, 0.25) is 0 Å². The zero-order chi connectivity index (χ0) is 11.3. The number of nitrogens with zero attached hydrogens (tertiary/aromatic N) is 1. The van der Waals surface area contributed by atoms with Gasteiger partial charge in [-0.3, -0.25) is 4.90 Å². The molecule has 1 atom stereocenters. The summed E-state index contributed by atoms with van der Waals surface area (Å²) in [5, 5.41) is 3.57. The third kappa shape index (κ3) is 5.33. The molecule has 88 valence electrons. The first-order chi connectivity index (χ1) is 7.13. The second-order valence-electron chi connectivity index (χ2n) is 4.89. The fourth-order valence-corrected chi connectivity index (χ4v) is 1.89. The second-order valence-corrected chi connectivity index (χ2v) is 4.89. The average molecular weight is 210 g/mol. The van der Waals surface area contributed by atoms with E-state index in [1.807, 2.05) is 0 Å². The van der Waals surface area contributed by atoms with Gasteiger partial charge < -0.3 is 5.32 Å². The van der Waals surface area contributed by atoms with Crippen LogP contribution in [0, 0.1) is 0 Å². The summed E-state index contributed by atoms with van der Waals surface area (Å²) in [4.78, 5) is 2.50. The highest BCUT2D eigenvalue weighted by atomic mass is 15.1. The van der Waals surface area contributed by atoms with E-state index < -0.39 is 0 Å². The molecule has 0 aliphatic heterocycles. The van der Waals surface area contributed by atoms with Gasteiger partial charge in [0.15, 0.2) is 0 Å². The van der Waals surface area contributed by atoms with Gasteiger partial charge in [0.25, 0.3) is 0 Å². The second kappa shape index (κ2) is 6.29. The smallest absolute Gasteiger partial charge is 0.0190 e. The minimum absolute atomic E-state index is 0.665. The van der Waals surface area contributed by atoms with Crippen LogP contribution in [-0.2, 0) is 0 Å². The maximum atomic E-state index is 3.99. The van der Waals surface area contributed by atoms with Gasteiger partial charge in [-0.05, 0) is 46.2 Å². The first kappa shape index (κ1) is 12.7. The van der Waals surface area contributed by atoms with Crippen molar-refractivity contribution in [2.75, 3.05) is 19.6 Å². The van der Waals surface area contributed by atoms with Gasteiger partial charge in [0.05, 0.1) is 0 Å². The van der Waals surface area contributed by atoms with Crippen molar-refractivity contribution in [3.63, 3.8) is 0 Å². The molecule has 0 spiro atoms. The lowest BCUT2D eigenvalue weighted by molar-refractivity contribution is 0.226. The Kier molecular flexibility index (Phi) is 5.34. The number of hydrogen-bond donors (Lipinski definition) is 1. The third-order valence-corrected chi connectivity index (χ3v) is 3.08. The van der Waals surface area contributed by atoms with Crippen molar-refractivity contribution in [3.8, 4) is 0 Å². The molecule has 0 aromatic rings. The lowest BCUT2D eigenvalue weighted by Gasteiger charge is -2.28. The molecule has 15 heavy (non-hydrogen) atoms. The Hall–Kier alpha value is -0.340. The summed E-state index contributed by atoms with van der Waals surface area (Å²) in [6.07, 6.45) is 4.02. The van der Waals surface area contributed by atoms with E-state index in [1.165, 1.54) is 31.4 Å². The highest BCUT2D eigenvalue weighted by Gasteiger charge is 2.20. The van der Waals surface area contributed by atoms with E-state index in [4.69, 9.17) is 0 Å². The maximum Gasteiger partial charge on any atom is 0.0190 e. The molecule has 1 rings (SSSR count). The first-order valence-corrected chi connectivity index (χ1v) is 6.25. The summed E-state index contributed by atoms with van der Waals surface area (Å²) >= 11 is 0. The van der Waals surface area contributed by atoms with E-state index >= 15 is 0 Å². The van der Waals surface area contributed by atoms with Crippen LogP contribution in [0.3, 0.4) is 0 Å². The summed E-state index contributed by atoms with van der Waals surface area (Å²) in [5.41, 5.74) is 1.26. The summed E-state index contributed by atoms with van der Waals surface area (Å²) in [5.74, 6) is 0. The van der Waals surface area contributed by atoms with Gasteiger partial charge in [-0.15, -0.1) is 0 Å². The van der Waals surface area contributed by atoms with Crippen LogP contribution in [-0.4, -0.2) is 36.6 Å². The van der Waals surface area contributed by atoms with E-state index in [0.717, 1.165) is 19.1 Å². The molecule has 2 nitrogen and oxygen atoms in total. The molecule has 0 aromatic heterocycles. The van der Waals surface area contributed by atoms with Crippen molar-refractivity contribution >= 4 is 0 Å². The Bertz CT molecular complexity index is 197. The van der Waals surface area contributed by atoms with Gasteiger partial charge in [-0.25, -0.2) is 0 Å². The van der Waals surface area contributed by atoms with E-state index in [0.29, 0.717) is 6.04 Å². The molecule has 0 saturated heterocycles. The third-order valence-electron chi connectivity index (χ3n) is 3.08. The largest absolute Gasteiger partial charge is 0.314 e. The highest BCUT2D eigenvalue weighted by molar-refractivity contribution is 4.93. The van der Waals surface area contributed by atoms with Crippen LogP contribution in [0.25, 0.3) is 0 Å². The number of likely N-dealkylation sites (N-methyl/N-ethyl adjacent to an activating group) is 1. The standard InChI is InChI=1S/C13H26N2/c1-5-15(10-11(2)3)12(4)8-9-14-13-6-7-13/h12-14H,2,5-10H2,1,3-4H3. The summed E-state index contributed by atoms with van der Waals surface area (Å²) in [6.45, 7) is 14.0. The van der Waals surface area contributed by atoms with Crippen molar-refractivity contribution in [2.45, 2.75) is 52.1 Å². The molecule has 1 aliphatic carbocycles. The van der Waals surface area contributed by atoms with Gasteiger partial charge in [0.1, 0.15) is 0 Å². The Morgan fingerprint density at radius 1 is 1.53 bits per heavy atom. The fraction of sp³-hybridized carbons (Fsp3) is 0.846. The van der Waals surface area contributed by atoms with Crippen LogP contribution in [0.5, 0.6) is 0 Å². The van der Waals surface area contributed by atoms with Crippen LogP contribution in [0.2, 0.25) is 0 Å². The Morgan fingerprint density at radius 3 is 2.67 bits per heavy atom. The van der Waals surface area contributed by atoms with Crippen molar-refractivity contribution in [1.82, 2.24) is 10.2 Å². The minimum Gasteiger partial charge on any atom is -0.314 e. The monoisotopic (exact) mass is 210 g/mol. The van der Waals surface area contributed by atoms with Gasteiger partial charge >= 0.3 is 0 Å². The SMILES string of the molecule is C=C(C)CN(CC)C(C)CCNC1CC1. The van der Waals surface area contributed by atoms with Crippen LogP contribution >= 0.6 is 0 Å². The summed E-state index contributed by atoms with van der Waals surface area (Å²) < 4.78 is 0. The zero-order valence-electron chi connectivity index (χ0n) is 10.6. The predicted molar refractivity (Wildman–Crippen MR) is 67.2 cm³/mol. The van der Waals surface area contributed by atoms with Crippen LogP contribution in [0.1, 0.15) is 40.0 Å². The van der Waals surface area contributed by atoms with Crippen molar-refractivity contribution in [2.24, 2.45) is 0 Å². The van der Waals surface area contributed by atoms with E-state index in [2.05, 4.69) is 37.6 Å².